The third-order valence-corrected chi connectivity index (χ3v) is 6.74. The van der Waals surface area contributed by atoms with E-state index < -0.39 is 32.2 Å². The molecule has 2 heterocycles. The number of likely N-dealkylation sites (tertiary alicyclic amines) is 1. The summed E-state index contributed by atoms with van der Waals surface area (Å²) in [5.74, 6) is -0.604. The SMILES string of the molecule is CC(C)(C)OC(=O)N1CCC(C2=NC(COc3ccc(NS(C)(=O)=O)c(F)c3)=CS2=O)CC1. The number of nitrogens with one attached hydrogen (secondary N) is 1. The summed E-state index contributed by atoms with van der Waals surface area (Å²) < 4.78 is 62.2. The molecule has 2 aliphatic rings. The summed E-state index contributed by atoms with van der Waals surface area (Å²) in [5.41, 5.74) is -0.266. The zero-order valence-electron chi connectivity index (χ0n) is 19.0. The van der Waals surface area contributed by atoms with Crippen molar-refractivity contribution in [3.05, 3.63) is 35.1 Å². The van der Waals surface area contributed by atoms with Gasteiger partial charge >= 0.3 is 6.09 Å². The lowest BCUT2D eigenvalue weighted by molar-refractivity contribution is 0.0202. The van der Waals surface area contributed by atoms with Crippen LogP contribution in [0.3, 0.4) is 0 Å². The molecule has 0 spiro atoms. The van der Waals surface area contributed by atoms with Gasteiger partial charge in [0.05, 0.1) is 28.4 Å². The minimum atomic E-state index is -3.60. The highest BCUT2D eigenvalue weighted by atomic mass is 32.2. The fraction of sp³-hybridized carbons (Fsp3) is 0.524. The Morgan fingerprint density at radius 2 is 1.97 bits per heavy atom. The van der Waals surface area contributed by atoms with Crippen LogP contribution in [0.5, 0.6) is 5.75 Å². The average molecular weight is 502 g/mol. The first kappa shape index (κ1) is 25.2. The molecule has 3 rings (SSSR count). The van der Waals surface area contributed by atoms with Crippen LogP contribution in [0.15, 0.2) is 34.3 Å². The Labute approximate surface area is 195 Å². The highest BCUT2D eigenvalue weighted by molar-refractivity contribution is 8.03. The van der Waals surface area contributed by atoms with Crippen LogP contribution in [0, 0.1) is 11.7 Å². The lowest BCUT2D eigenvalue weighted by atomic mass is 9.98. The third-order valence-electron chi connectivity index (χ3n) is 4.82. The molecule has 33 heavy (non-hydrogen) atoms. The van der Waals surface area contributed by atoms with E-state index in [0.29, 0.717) is 36.7 Å². The van der Waals surface area contributed by atoms with Gasteiger partial charge in [-0.2, -0.15) is 0 Å². The Kier molecular flexibility index (Phi) is 7.47. The molecule has 1 unspecified atom stereocenters. The normalized spacial score (nSPS) is 19.7. The van der Waals surface area contributed by atoms with E-state index in [1.165, 1.54) is 17.5 Å². The highest BCUT2D eigenvalue weighted by Crippen LogP contribution is 2.27. The smallest absolute Gasteiger partial charge is 0.410 e. The molecule has 0 saturated carbocycles. The first-order valence-electron chi connectivity index (χ1n) is 10.4. The molecule has 0 aliphatic carbocycles. The predicted octanol–water partition coefficient (Wildman–Crippen LogP) is 3.23. The second-order valence-electron chi connectivity index (χ2n) is 8.90. The van der Waals surface area contributed by atoms with Crippen molar-refractivity contribution in [1.29, 1.82) is 0 Å². The lowest BCUT2D eigenvalue weighted by Gasteiger charge is -2.33. The zero-order chi connectivity index (χ0) is 24.4. The predicted molar refractivity (Wildman–Crippen MR) is 125 cm³/mol. The van der Waals surface area contributed by atoms with E-state index in [1.54, 1.807) is 4.90 Å². The van der Waals surface area contributed by atoms with E-state index in [9.17, 15) is 21.8 Å². The number of piperidine rings is 1. The number of rotatable bonds is 6. The maximum Gasteiger partial charge on any atom is 0.410 e. The van der Waals surface area contributed by atoms with E-state index >= 15 is 0 Å². The van der Waals surface area contributed by atoms with E-state index in [1.807, 2.05) is 20.8 Å². The Morgan fingerprint density at radius 3 is 2.55 bits per heavy atom. The van der Waals surface area contributed by atoms with Crippen LogP contribution in [-0.2, 0) is 25.6 Å². The van der Waals surface area contributed by atoms with Gasteiger partial charge in [0.15, 0.2) is 5.82 Å². The maximum absolute atomic E-state index is 14.1. The van der Waals surface area contributed by atoms with Crippen molar-refractivity contribution < 1.29 is 31.3 Å². The molecule has 12 heteroatoms. The summed E-state index contributed by atoms with van der Waals surface area (Å²) in [4.78, 5) is 18.3. The molecule has 0 bridgehead atoms. The molecule has 1 amide bonds. The Hall–Kier alpha value is -2.47. The lowest BCUT2D eigenvalue weighted by Crippen LogP contribution is -2.43. The number of hydrogen-bond acceptors (Lipinski definition) is 7. The van der Waals surface area contributed by atoms with Crippen LogP contribution in [-0.4, -0.2) is 60.2 Å². The van der Waals surface area contributed by atoms with Crippen molar-refractivity contribution in [2.75, 3.05) is 30.7 Å². The van der Waals surface area contributed by atoms with Gasteiger partial charge in [0.1, 0.15) is 23.0 Å². The fourth-order valence-electron chi connectivity index (χ4n) is 3.38. The van der Waals surface area contributed by atoms with Gasteiger partial charge in [-0.25, -0.2) is 26.8 Å². The molecule has 1 N–H and O–H groups in total. The van der Waals surface area contributed by atoms with Gasteiger partial charge in [0.25, 0.3) is 0 Å². The van der Waals surface area contributed by atoms with Crippen molar-refractivity contribution in [3.8, 4) is 5.75 Å². The molecule has 1 aromatic carbocycles. The van der Waals surface area contributed by atoms with E-state index in [4.69, 9.17) is 9.47 Å². The van der Waals surface area contributed by atoms with Gasteiger partial charge in [0, 0.05) is 30.5 Å². The summed E-state index contributed by atoms with van der Waals surface area (Å²) in [7, 11) is -4.98. The van der Waals surface area contributed by atoms with Crippen molar-refractivity contribution in [1.82, 2.24) is 4.90 Å². The zero-order valence-corrected chi connectivity index (χ0v) is 20.6. The number of carbonyl (C=O) groups is 1. The second-order valence-corrected chi connectivity index (χ2v) is 11.9. The molecule has 2 aliphatic heterocycles. The first-order valence-corrected chi connectivity index (χ1v) is 13.5. The van der Waals surface area contributed by atoms with Gasteiger partial charge < -0.3 is 14.4 Å². The van der Waals surface area contributed by atoms with Crippen molar-refractivity contribution in [3.63, 3.8) is 0 Å². The molecule has 0 radical (unpaired) electrons. The summed E-state index contributed by atoms with van der Waals surface area (Å²) >= 11 is 0. The molecule has 182 valence electrons. The van der Waals surface area contributed by atoms with Gasteiger partial charge in [-0.1, -0.05) is 0 Å². The number of benzene rings is 1. The quantitative estimate of drug-likeness (QED) is 0.640. The third kappa shape index (κ3) is 7.26. The minimum absolute atomic E-state index is 0.00964. The number of amides is 1. The summed E-state index contributed by atoms with van der Waals surface area (Å²) in [6, 6.07) is 3.76. The fourth-order valence-corrected chi connectivity index (χ4v) is 5.20. The summed E-state index contributed by atoms with van der Waals surface area (Å²) in [6.07, 6.45) is 1.84. The number of hydrogen-bond donors (Lipinski definition) is 1. The standard InChI is InChI=1S/C21H28FN3O6S2/c1-21(2,3)31-20(26)25-9-7-14(8-10-25)19-23-15(13-32(19)27)12-30-16-5-6-18(17(22)11-16)24-33(4,28)29/h5-6,11,13-14,24H,7-10,12H2,1-4H3. The minimum Gasteiger partial charge on any atom is -0.487 e. The number of anilines is 1. The molecule has 0 aromatic heterocycles. The molecule has 9 nitrogen and oxygen atoms in total. The summed E-state index contributed by atoms with van der Waals surface area (Å²) in [6.45, 7) is 6.43. The molecule has 1 saturated heterocycles. The first-order chi connectivity index (χ1) is 15.3. The summed E-state index contributed by atoms with van der Waals surface area (Å²) in [5, 5.41) is 2.06. The maximum atomic E-state index is 14.1. The van der Waals surface area contributed by atoms with Crippen LogP contribution in [0.25, 0.3) is 0 Å². The van der Waals surface area contributed by atoms with Crippen molar-refractivity contribution in [2.45, 2.75) is 39.2 Å². The number of ether oxygens (including phenoxy) is 2. The van der Waals surface area contributed by atoms with Gasteiger partial charge in [-0.05, 0) is 45.7 Å². The topological polar surface area (TPSA) is 114 Å². The Bertz CT molecular complexity index is 1100. The largest absolute Gasteiger partial charge is 0.487 e. The van der Waals surface area contributed by atoms with Crippen LogP contribution >= 0.6 is 0 Å². The monoisotopic (exact) mass is 501 g/mol. The van der Waals surface area contributed by atoms with E-state index in [0.717, 1.165) is 12.3 Å². The molecule has 1 fully saturated rings. The van der Waals surface area contributed by atoms with Crippen LogP contribution in [0.2, 0.25) is 0 Å². The highest BCUT2D eigenvalue weighted by Gasteiger charge is 2.32. The molecule has 1 aromatic rings. The average Bonchev–Trinajstić information content (AvgIpc) is 3.07. The van der Waals surface area contributed by atoms with Gasteiger partial charge in [-0.15, -0.1) is 0 Å². The number of nitrogens with zero attached hydrogens (tertiary/aromatic N) is 2. The number of sulfonamides is 1. The van der Waals surface area contributed by atoms with Gasteiger partial charge in [0.2, 0.25) is 10.0 Å². The van der Waals surface area contributed by atoms with Gasteiger partial charge in [-0.3, -0.25) is 4.72 Å². The van der Waals surface area contributed by atoms with Crippen molar-refractivity contribution >= 4 is 37.6 Å². The number of carbonyl (C=O) groups excluding carboxylic acids is 1. The number of aliphatic imine (C=N–C) groups is 1. The van der Waals surface area contributed by atoms with Crippen LogP contribution in [0.4, 0.5) is 14.9 Å². The molecular weight excluding hydrogens is 473 g/mol. The van der Waals surface area contributed by atoms with Crippen LogP contribution < -0.4 is 9.46 Å². The van der Waals surface area contributed by atoms with E-state index in [-0.39, 0.29) is 30.1 Å². The Balaban J connectivity index is 1.54. The second kappa shape index (κ2) is 9.80. The molecule has 1 atom stereocenters. The van der Waals surface area contributed by atoms with E-state index in [2.05, 4.69) is 9.71 Å². The Morgan fingerprint density at radius 1 is 1.30 bits per heavy atom. The number of halogens is 1. The van der Waals surface area contributed by atoms with Crippen LogP contribution in [0.1, 0.15) is 33.6 Å². The van der Waals surface area contributed by atoms with Crippen molar-refractivity contribution in [2.24, 2.45) is 10.9 Å². The molecular formula is C21H28FN3O6S2.